The predicted molar refractivity (Wildman–Crippen MR) is 128 cm³/mol. The maximum absolute atomic E-state index is 13.8. The number of aryl methyl sites for hydroxylation is 1. The van der Waals surface area contributed by atoms with Gasteiger partial charge in [-0.15, -0.1) is 5.92 Å². The Morgan fingerprint density at radius 3 is 2.16 bits per heavy atom. The van der Waals surface area contributed by atoms with Gasteiger partial charge in [-0.3, -0.25) is 9.36 Å². The predicted octanol–water partition coefficient (Wildman–Crippen LogP) is 4.80. The molecule has 31 heavy (non-hydrogen) atoms. The summed E-state index contributed by atoms with van der Waals surface area (Å²) in [7, 11) is 1.97. The standard InChI is InChI=1S/C27H25N3O/c1-4-5-18-29(3)23-16-17-25-24(19-23)27(31)30(20(2)28-25)26(21-12-8-6-9-13-21)22-14-10-7-11-15-22/h6-17,19,26H,18H2,1-3H3. The molecule has 4 nitrogen and oxygen atoms in total. The molecule has 0 radical (unpaired) electrons. The van der Waals surface area contributed by atoms with Gasteiger partial charge >= 0.3 is 0 Å². The highest BCUT2D eigenvalue weighted by atomic mass is 16.1. The minimum absolute atomic E-state index is 0.0444. The molecule has 1 aromatic heterocycles. The lowest BCUT2D eigenvalue weighted by atomic mass is 9.98. The number of nitrogens with zero attached hydrogens (tertiary/aromatic N) is 3. The number of aromatic nitrogens is 2. The third-order valence-corrected chi connectivity index (χ3v) is 5.48. The van der Waals surface area contributed by atoms with E-state index < -0.39 is 0 Å². The Morgan fingerprint density at radius 2 is 1.58 bits per heavy atom. The highest BCUT2D eigenvalue weighted by Gasteiger charge is 2.21. The van der Waals surface area contributed by atoms with Crippen LogP contribution in [-0.4, -0.2) is 23.1 Å². The highest BCUT2D eigenvalue weighted by Crippen LogP contribution is 2.27. The van der Waals surface area contributed by atoms with E-state index >= 15 is 0 Å². The van der Waals surface area contributed by atoms with E-state index in [-0.39, 0.29) is 11.6 Å². The van der Waals surface area contributed by atoms with Crippen molar-refractivity contribution in [2.75, 3.05) is 18.5 Å². The van der Waals surface area contributed by atoms with Crippen molar-refractivity contribution in [2.45, 2.75) is 19.9 Å². The number of hydrogen-bond donors (Lipinski definition) is 0. The van der Waals surface area contributed by atoms with Gasteiger partial charge in [0.2, 0.25) is 0 Å². The smallest absolute Gasteiger partial charge is 0.262 e. The number of rotatable bonds is 5. The molecule has 0 N–H and O–H groups in total. The molecule has 0 aliphatic rings. The summed E-state index contributed by atoms with van der Waals surface area (Å²) in [4.78, 5) is 20.6. The molecule has 0 bridgehead atoms. The zero-order chi connectivity index (χ0) is 21.8. The van der Waals surface area contributed by atoms with E-state index in [1.165, 1.54) is 0 Å². The lowest BCUT2D eigenvalue weighted by Gasteiger charge is -2.24. The molecule has 0 atom stereocenters. The lowest BCUT2D eigenvalue weighted by molar-refractivity contribution is 0.620. The molecule has 0 aliphatic carbocycles. The number of fused-ring (bicyclic) bond motifs is 1. The van der Waals surface area contributed by atoms with Crippen molar-refractivity contribution in [1.82, 2.24) is 9.55 Å². The van der Waals surface area contributed by atoms with Gasteiger partial charge in [0.15, 0.2) is 0 Å². The van der Waals surface area contributed by atoms with Crippen LogP contribution in [0.1, 0.15) is 29.9 Å². The molecule has 4 aromatic rings. The quantitative estimate of drug-likeness (QED) is 0.446. The molecule has 0 fully saturated rings. The second-order valence-electron chi connectivity index (χ2n) is 7.54. The second kappa shape index (κ2) is 8.89. The summed E-state index contributed by atoms with van der Waals surface area (Å²) in [5.41, 5.74) is 3.70. The van der Waals surface area contributed by atoms with Crippen LogP contribution in [0.2, 0.25) is 0 Å². The van der Waals surface area contributed by atoms with E-state index in [1.54, 1.807) is 0 Å². The van der Waals surface area contributed by atoms with Crippen molar-refractivity contribution in [3.05, 3.63) is 106 Å². The van der Waals surface area contributed by atoms with E-state index in [0.29, 0.717) is 23.3 Å². The maximum Gasteiger partial charge on any atom is 0.262 e. The van der Waals surface area contributed by atoms with Crippen LogP contribution in [0.5, 0.6) is 0 Å². The van der Waals surface area contributed by atoms with Crippen molar-refractivity contribution in [2.24, 2.45) is 0 Å². The van der Waals surface area contributed by atoms with Crippen LogP contribution >= 0.6 is 0 Å². The summed E-state index contributed by atoms with van der Waals surface area (Å²) in [6.45, 7) is 4.33. The summed E-state index contributed by atoms with van der Waals surface area (Å²) in [5.74, 6) is 6.67. The van der Waals surface area contributed by atoms with Crippen LogP contribution in [0.4, 0.5) is 5.69 Å². The Morgan fingerprint density at radius 1 is 0.968 bits per heavy atom. The van der Waals surface area contributed by atoms with Crippen LogP contribution in [0.25, 0.3) is 10.9 Å². The molecule has 0 amide bonds. The van der Waals surface area contributed by atoms with Crippen LogP contribution in [0.3, 0.4) is 0 Å². The monoisotopic (exact) mass is 407 g/mol. The van der Waals surface area contributed by atoms with E-state index in [0.717, 1.165) is 16.8 Å². The zero-order valence-electron chi connectivity index (χ0n) is 18.0. The van der Waals surface area contributed by atoms with Crippen LogP contribution < -0.4 is 10.5 Å². The molecule has 1 heterocycles. The third-order valence-electron chi connectivity index (χ3n) is 5.48. The van der Waals surface area contributed by atoms with Crippen molar-refractivity contribution < 1.29 is 0 Å². The molecular formula is C27H25N3O. The Hall–Kier alpha value is -3.84. The fraction of sp³-hybridized carbons (Fsp3) is 0.185. The number of benzene rings is 3. The van der Waals surface area contributed by atoms with Crippen molar-refractivity contribution >= 4 is 16.6 Å². The summed E-state index contributed by atoms with van der Waals surface area (Å²) >= 11 is 0. The van der Waals surface area contributed by atoms with Gasteiger partial charge in [-0.2, -0.15) is 0 Å². The number of anilines is 1. The average molecular weight is 408 g/mol. The van der Waals surface area contributed by atoms with Gasteiger partial charge in [0.05, 0.1) is 23.5 Å². The first-order valence-corrected chi connectivity index (χ1v) is 10.3. The molecule has 154 valence electrons. The molecular weight excluding hydrogens is 382 g/mol. The van der Waals surface area contributed by atoms with Gasteiger partial charge in [-0.25, -0.2) is 4.98 Å². The van der Waals surface area contributed by atoms with Crippen molar-refractivity contribution in [1.29, 1.82) is 0 Å². The maximum atomic E-state index is 13.8. The molecule has 0 saturated heterocycles. The molecule has 4 rings (SSSR count). The first-order chi connectivity index (χ1) is 15.1. The van der Waals surface area contributed by atoms with Crippen LogP contribution in [0.15, 0.2) is 83.7 Å². The second-order valence-corrected chi connectivity index (χ2v) is 7.54. The topological polar surface area (TPSA) is 38.1 Å². The van der Waals surface area contributed by atoms with E-state index in [1.807, 2.05) is 85.0 Å². The highest BCUT2D eigenvalue weighted by molar-refractivity contribution is 5.82. The molecule has 3 aromatic carbocycles. The van der Waals surface area contributed by atoms with Gasteiger partial charge in [0.1, 0.15) is 5.82 Å². The molecule has 0 unspecified atom stereocenters. The summed E-state index contributed by atoms with van der Waals surface area (Å²) in [6, 6.07) is 25.8. The van der Waals surface area contributed by atoms with Gasteiger partial charge in [0, 0.05) is 12.7 Å². The SMILES string of the molecule is CC#CCN(C)c1ccc2nc(C)n(C(c3ccccc3)c3ccccc3)c(=O)c2c1. The lowest BCUT2D eigenvalue weighted by Crippen LogP contribution is -2.29. The largest absolute Gasteiger partial charge is 0.363 e. The summed E-state index contributed by atoms with van der Waals surface area (Å²) in [6.07, 6.45) is 0. The van der Waals surface area contributed by atoms with Gasteiger partial charge in [0.25, 0.3) is 5.56 Å². The third kappa shape index (κ3) is 4.08. The summed E-state index contributed by atoms with van der Waals surface area (Å²) < 4.78 is 1.81. The van der Waals surface area contributed by atoms with E-state index in [9.17, 15) is 4.79 Å². The van der Waals surface area contributed by atoms with Gasteiger partial charge in [-0.05, 0) is 43.2 Å². The fourth-order valence-corrected chi connectivity index (χ4v) is 3.89. The Kier molecular flexibility index (Phi) is 5.86. The molecule has 0 saturated carbocycles. The first-order valence-electron chi connectivity index (χ1n) is 10.3. The normalized spacial score (nSPS) is 10.7. The molecule has 0 spiro atoms. The van der Waals surface area contributed by atoms with Crippen molar-refractivity contribution in [3.8, 4) is 11.8 Å². The Bertz CT molecular complexity index is 1280. The number of hydrogen-bond acceptors (Lipinski definition) is 3. The van der Waals surface area contributed by atoms with Gasteiger partial charge in [-0.1, -0.05) is 66.6 Å². The molecule has 0 aliphatic heterocycles. The van der Waals surface area contributed by atoms with Gasteiger partial charge < -0.3 is 4.90 Å². The van der Waals surface area contributed by atoms with E-state index in [2.05, 4.69) is 36.1 Å². The first kappa shape index (κ1) is 20.4. The zero-order valence-corrected chi connectivity index (χ0v) is 18.0. The van der Waals surface area contributed by atoms with Crippen LogP contribution in [0, 0.1) is 18.8 Å². The Balaban J connectivity index is 1.94. The fourth-order valence-electron chi connectivity index (χ4n) is 3.89. The molecule has 4 heteroatoms. The minimum Gasteiger partial charge on any atom is -0.363 e. The minimum atomic E-state index is -0.251. The van der Waals surface area contributed by atoms with Crippen LogP contribution in [-0.2, 0) is 0 Å². The average Bonchev–Trinajstić information content (AvgIpc) is 2.81. The Labute approximate surface area is 182 Å². The van der Waals surface area contributed by atoms with Crippen molar-refractivity contribution in [3.63, 3.8) is 0 Å². The summed E-state index contributed by atoms with van der Waals surface area (Å²) in [5, 5.41) is 0.608. The van der Waals surface area contributed by atoms with E-state index in [4.69, 9.17) is 4.98 Å².